The zero-order chi connectivity index (χ0) is 16.2. The van der Waals surface area contributed by atoms with Crippen molar-refractivity contribution >= 4 is 11.9 Å². The summed E-state index contributed by atoms with van der Waals surface area (Å²) >= 11 is 0. The van der Waals surface area contributed by atoms with Crippen molar-refractivity contribution in [2.75, 3.05) is 6.54 Å². The summed E-state index contributed by atoms with van der Waals surface area (Å²) in [6.45, 7) is 0.798. The lowest BCUT2D eigenvalue weighted by Crippen LogP contribution is -2.38. The summed E-state index contributed by atoms with van der Waals surface area (Å²) in [6.07, 6.45) is 6.21. The minimum atomic E-state index is -0.754. The predicted octanol–water partition coefficient (Wildman–Crippen LogP) is 3.63. The molecule has 4 heteroatoms. The Balaban J connectivity index is 1.77. The molecule has 1 aliphatic heterocycles. The van der Waals surface area contributed by atoms with Crippen molar-refractivity contribution in [1.29, 1.82) is 0 Å². The van der Waals surface area contributed by atoms with E-state index in [1.54, 1.807) is 0 Å². The third-order valence-electron chi connectivity index (χ3n) is 5.35. The summed E-state index contributed by atoms with van der Waals surface area (Å²) in [4.78, 5) is 26.2. The van der Waals surface area contributed by atoms with E-state index in [-0.39, 0.29) is 23.8 Å². The molecular weight excluding hydrogens is 290 g/mol. The third-order valence-corrected chi connectivity index (χ3v) is 5.35. The minimum absolute atomic E-state index is 0.111. The first kappa shape index (κ1) is 16.0. The molecule has 23 heavy (non-hydrogen) atoms. The number of rotatable bonds is 3. The average Bonchev–Trinajstić information content (AvgIpc) is 2.94. The van der Waals surface area contributed by atoms with E-state index < -0.39 is 5.97 Å². The van der Waals surface area contributed by atoms with Gasteiger partial charge in [-0.2, -0.15) is 0 Å². The highest BCUT2D eigenvalue weighted by Crippen LogP contribution is 2.37. The maximum Gasteiger partial charge on any atom is 0.306 e. The zero-order valence-electron chi connectivity index (χ0n) is 13.5. The van der Waals surface area contributed by atoms with Crippen molar-refractivity contribution in [3.8, 4) is 0 Å². The van der Waals surface area contributed by atoms with Gasteiger partial charge in [0, 0.05) is 12.5 Å². The van der Waals surface area contributed by atoms with E-state index >= 15 is 0 Å². The first-order valence-electron chi connectivity index (χ1n) is 8.75. The van der Waals surface area contributed by atoms with Gasteiger partial charge in [0.2, 0.25) is 5.91 Å². The Morgan fingerprint density at radius 3 is 2.39 bits per heavy atom. The number of hydrogen-bond donors (Lipinski definition) is 1. The van der Waals surface area contributed by atoms with Crippen LogP contribution in [0.5, 0.6) is 0 Å². The zero-order valence-corrected chi connectivity index (χ0v) is 13.5. The SMILES string of the molecule is O=C(O)[C@@H]1CC[C@H](C(=O)N2CCCCCC2c2ccccc2)C1. The second-order valence-corrected chi connectivity index (χ2v) is 6.85. The highest BCUT2D eigenvalue weighted by atomic mass is 16.4. The van der Waals surface area contributed by atoms with E-state index in [1.165, 1.54) is 5.56 Å². The highest BCUT2D eigenvalue weighted by molar-refractivity contribution is 5.81. The van der Waals surface area contributed by atoms with Gasteiger partial charge in [0.05, 0.1) is 12.0 Å². The first-order chi connectivity index (χ1) is 11.2. The molecule has 1 aliphatic carbocycles. The van der Waals surface area contributed by atoms with Crippen molar-refractivity contribution in [1.82, 2.24) is 4.90 Å². The largest absolute Gasteiger partial charge is 0.481 e. The number of carbonyl (C=O) groups is 2. The molecule has 124 valence electrons. The Hall–Kier alpha value is -1.84. The van der Waals surface area contributed by atoms with Gasteiger partial charge in [-0.25, -0.2) is 0 Å². The van der Waals surface area contributed by atoms with Crippen LogP contribution in [0.25, 0.3) is 0 Å². The molecule has 1 aromatic rings. The Morgan fingerprint density at radius 1 is 0.957 bits per heavy atom. The van der Waals surface area contributed by atoms with E-state index in [0.717, 1.165) is 32.2 Å². The van der Waals surface area contributed by atoms with Gasteiger partial charge in [0.1, 0.15) is 0 Å². The lowest BCUT2D eigenvalue weighted by molar-refractivity contribution is -0.142. The molecular formula is C19H25NO3. The minimum Gasteiger partial charge on any atom is -0.481 e. The third kappa shape index (κ3) is 3.57. The number of hydrogen-bond acceptors (Lipinski definition) is 2. The molecule has 3 atom stereocenters. The fourth-order valence-corrected chi connectivity index (χ4v) is 4.06. The molecule has 1 heterocycles. The molecule has 4 nitrogen and oxygen atoms in total. The van der Waals surface area contributed by atoms with Crippen molar-refractivity contribution < 1.29 is 14.7 Å². The predicted molar refractivity (Wildman–Crippen MR) is 87.8 cm³/mol. The van der Waals surface area contributed by atoms with Gasteiger partial charge in [-0.15, -0.1) is 0 Å². The number of carbonyl (C=O) groups excluding carboxylic acids is 1. The van der Waals surface area contributed by atoms with E-state index in [2.05, 4.69) is 12.1 Å². The Bertz CT molecular complexity index is 557. The van der Waals surface area contributed by atoms with Crippen LogP contribution in [0.2, 0.25) is 0 Å². The van der Waals surface area contributed by atoms with E-state index in [4.69, 9.17) is 0 Å². The second kappa shape index (κ2) is 7.16. The lowest BCUT2D eigenvalue weighted by atomic mass is 9.98. The van der Waals surface area contributed by atoms with Crippen LogP contribution in [0.4, 0.5) is 0 Å². The van der Waals surface area contributed by atoms with Crippen LogP contribution in [-0.2, 0) is 9.59 Å². The van der Waals surface area contributed by atoms with Crippen LogP contribution in [0.1, 0.15) is 56.6 Å². The molecule has 1 amide bonds. The number of aliphatic carboxylic acids is 1. The highest BCUT2D eigenvalue weighted by Gasteiger charge is 2.38. The normalized spacial score (nSPS) is 28.3. The van der Waals surface area contributed by atoms with Gasteiger partial charge in [0.15, 0.2) is 0 Å². The van der Waals surface area contributed by atoms with Crippen molar-refractivity contribution in [3.05, 3.63) is 35.9 Å². The Kier molecular flexibility index (Phi) is 4.99. The number of carboxylic acids is 1. The van der Waals surface area contributed by atoms with Crippen LogP contribution in [-0.4, -0.2) is 28.4 Å². The van der Waals surface area contributed by atoms with Gasteiger partial charge < -0.3 is 10.0 Å². The maximum absolute atomic E-state index is 13.0. The molecule has 1 aromatic carbocycles. The summed E-state index contributed by atoms with van der Waals surface area (Å²) in [5.74, 6) is -1.04. The fraction of sp³-hybridized carbons (Fsp3) is 0.579. The quantitative estimate of drug-likeness (QED) is 0.926. The van der Waals surface area contributed by atoms with E-state index in [1.807, 2.05) is 23.1 Å². The van der Waals surface area contributed by atoms with Gasteiger partial charge in [0.25, 0.3) is 0 Å². The monoisotopic (exact) mass is 315 g/mol. The van der Waals surface area contributed by atoms with Crippen LogP contribution in [0.3, 0.4) is 0 Å². The topological polar surface area (TPSA) is 57.6 Å². The summed E-state index contributed by atoms with van der Waals surface area (Å²) < 4.78 is 0. The van der Waals surface area contributed by atoms with Crippen LogP contribution >= 0.6 is 0 Å². The van der Waals surface area contributed by atoms with Crippen molar-refractivity contribution in [2.45, 2.75) is 51.0 Å². The summed E-state index contributed by atoms with van der Waals surface area (Å²) in [7, 11) is 0. The summed E-state index contributed by atoms with van der Waals surface area (Å²) in [5, 5.41) is 9.17. The fourth-order valence-electron chi connectivity index (χ4n) is 4.06. The molecule has 2 aliphatic rings. The summed E-state index contributed by atoms with van der Waals surface area (Å²) in [5.41, 5.74) is 1.20. The molecule has 1 unspecified atom stereocenters. The molecule has 0 bridgehead atoms. The van der Waals surface area contributed by atoms with Gasteiger partial charge in [-0.05, 0) is 37.7 Å². The molecule has 0 spiro atoms. The van der Waals surface area contributed by atoms with Gasteiger partial charge in [-0.1, -0.05) is 43.2 Å². The van der Waals surface area contributed by atoms with Gasteiger partial charge in [-0.3, -0.25) is 9.59 Å². The van der Waals surface area contributed by atoms with Crippen LogP contribution in [0, 0.1) is 11.8 Å². The molecule has 1 saturated carbocycles. The molecule has 1 saturated heterocycles. The van der Waals surface area contributed by atoms with E-state index in [9.17, 15) is 14.7 Å². The number of likely N-dealkylation sites (tertiary alicyclic amines) is 1. The average molecular weight is 315 g/mol. The van der Waals surface area contributed by atoms with Gasteiger partial charge >= 0.3 is 5.97 Å². The Labute approximate surface area is 137 Å². The van der Waals surface area contributed by atoms with Crippen molar-refractivity contribution in [3.63, 3.8) is 0 Å². The number of nitrogens with zero attached hydrogens (tertiary/aromatic N) is 1. The Morgan fingerprint density at radius 2 is 1.70 bits per heavy atom. The number of amides is 1. The van der Waals surface area contributed by atoms with Crippen LogP contribution < -0.4 is 0 Å². The molecule has 0 radical (unpaired) electrons. The molecule has 2 fully saturated rings. The van der Waals surface area contributed by atoms with E-state index in [0.29, 0.717) is 19.3 Å². The molecule has 1 N–H and O–H groups in total. The standard InChI is InChI=1S/C19H25NO3/c21-18(15-10-11-16(13-15)19(22)23)20-12-6-2-5-9-17(20)14-7-3-1-4-8-14/h1,3-4,7-8,15-17H,2,5-6,9-13H2,(H,22,23)/t15-,16+,17?/m0/s1. The first-order valence-corrected chi connectivity index (χ1v) is 8.75. The number of benzene rings is 1. The number of carboxylic acid groups (broad SMARTS) is 1. The maximum atomic E-state index is 13.0. The smallest absolute Gasteiger partial charge is 0.306 e. The molecule has 0 aromatic heterocycles. The molecule has 3 rings (SSSR count). The lowest BCUT2D eigenvalue weighted by Gasteiger charge is -2.32. The van der Waals surface area contributed by atoms with Crippen molar-refractivity contribution in [2.24, 2.45) is 11.8 Å². The van der Waals surface area contributed by atoms with Crippen LogP contribution in [0.15, 0.2) is 30.3 Å². The second-order valence-electron chi connectivity index (χ2n) is 6.85. The summed E-state index contributed by atoms with van der Waals surface area (Å²) in [6, 6.07) is 10.4.